The molecule has 0 aliphatic carbocycles. The first-order valence-electron chi connectivity index (χ1n) is 6.56. The molecule has 0 aromatic rings. The van der Waals surface area contributed by atoms with E-state index in [0.29, 0.717) is 12.2 Å². The van der Waals surface area contributed by atoms with Crippen LogP contribution in [0.4, 0.5) is 0 Å². The summed E-state index contributed by atoms with van der Waals surface area (Å²) in [6.45, 7) is 0.901. The predicted octanol–water partition coefficient (Wildman–Crippen LogP) is -1.72. The molecule has 10 heteroatoms. The van der Waals surface area contributed by atoms with Gasteiger partial charge in [-0.3, -0.25) is 14.4 Å². The van der Waals surface area contributed by atoms with E-state index in [2.05, 4.69) is 4.74 Å². The van der Waals surface area contributed by atoms with Crippen LogP contribution in [0, 0.1) is 0 Å². The second-order valence-corrected chi connectivity index (χ2v) is 5.62. The Labute approximate surface area is 132 Å². The fraction of sp³-hybridized carbons (Fsp3) is 0.750. The molecule has 0 aromatic carbocycles. The number of nitrogens with two attached hydrogens (primary N) is 3. The van der Waals surface area contributed by atoms with Gasteiger partial charge in [-0.2, -0.15) is 11.8 Å². The van der Waals surface area contributed by atoms with Gasteiger partial charge < -0.3 is 31.8 Å². The van der Waals surface area contributed by atoms with Crippen LogP contribution in [0.2, 0.25) is 0 Å². The van der Waals surface area contributed by atoms with E-state index in [1.807, 2.05) is 6.26 Å². The molecule has 128 valence electrons. The highest BCUT2D eigenvalue weighted by molar-refractivity contribution is 7.98. The Morgan fingerprint density at radius 2 is 1.73 bits per heavy atom. The van der Waals surface area contributed by atoms with Crippen LogP contribution < -0.4 is 17.2 Å². The fourth-order valence-corrected chi connectivity index (χ4v) is 1.73. The zero-order chi connectivity index (χ0) is 17.3. The van der Waals surface area contributed by atoms with E-state index in [1.165, 1.54) is 6.92 Å². The Hall–Kier alpha value is -1.36. The first-order valence-corrected chi connectivity index (χ1v) is 7.95. The number of esters is 2. The molecule has 0 radical (unpaired) electrons. The molecular formula is C12H23N3O6S. The van der Waals surface area contributed by atoms with Crippen molar-refractivity contribution in [2.24, 2.45) is 17.2 Å². The second-order valence-electron chi connectivity index (χ2n) is 4.63. The molecule has 0 bridgehead atoms. The van der Waals surface area contributed by atoms with Gasteiger partial charge in [-0.15, -0.1) is 0 Å². The Bertz CT molecular complexity index is 395. The molecule has 0 heterocycles. The maximum Gasteiger partial charge on any atom is 0.326 e. The molecule has 0 aliphatic heterocycles. The maximum atomic E-state index is 11.7. The van der Waals surface area contributed by atoms with Gasteiger partial charge in [-0.25, -0.2) is 0 Å². The van der Waals surface area contributed by atoms with Gasteiger partial charge in [0.15, 0.2) is 0 Å². The van der Waals surface area contributed by atoms with E-state index >= 15 is 0 Å². The SMILES string of the molecule is CSCC[C@H](N)C(=O)O[C@H](C)[C@H](N)C(=O)OC[C@H](N)C(=O)O. The van der Waals surface area contributed by atoms with Gasteiger partial charge in [0, 0.05) is 0 Å². The fourth-order valence-electron chi connectivity index (χ4n) is 1.24. The zero-order valence-corrected chi connectivity index (χ0v) is 13.4. The molecule has 0 aliphatic rings. The molecule has 0 aromatic heterocycles. The lowest BCUT2D eigenvalue weighted by Crippen LogP contribution is -2.47. The van der Waals surface area contributed by atoms with E-state index in [4.69, 9.17) is 27.0 Å². The number of ether oxygens (including phenoxy) is 2. The molecule has 22 heavy (non-hydrogen) atoms. The number of carboxylic acid groups (broad SMARTS) is 1. The summed E-state index contributed by atoms with van der Waals surface area (Å²) in [5, 5.41) is 8.56. The Kier molecular flexibility index (Phi) is 9.74. The number of thioether (sulfide) groups is 1. The molecule has 0 saturated carbocycles. The second kappa shape index (κ2) is 10.4. The topological polar surface area (TPSA) is 168 Å². The minimum atomic E-state index is -1.34. The van der Waals surface area contributed by atoms with Crippen molar-refractivity contribution >= 4 is 29.7 Å². The van der Waals surface area contributed by atoms with E-state index in [1.54, 1.807) is 11.8 Å². The number of rotatable bonds is 10. The van der Waals surface area contributed by atoms with Gasteiger partial charge >= 0.3 is 17.9 Å². The van der Waals surface area contributed by atoms with Crippen LogP contribution in [0.1, 0.15) is 13.3 Å². The van der Waals surface area contributed by atoms with Crippen LogP contribution in [0.3, 0.4) is 0 Å². The lowest BCUT2D eigenvalue weighted by molar-refractivity contribution is -0.157. The van der Waals surface area contributed by atoms with Crippen molar-refractivity contribution in [3.8, 4) is 0 Å². The third kappa shape index (κ3) is 7.59. The van der Waals surface area contributed by atoms with Crippen molar-refractivity contribution in [1.82, 2.24) is 0 Å². The van der Waals surface area contributed by atoms with Crippen LogP contribution in [-0.2, 0) is 23.9 Å². The molecule has 0 rings (SSSR count). The summed E-state index contributed by atoms with van der Waals surface area (Å²) < 4.78 is 9.66. The van der Waals surface area contributed by atoms with E-state index in [-0.39, 0.29) is 0 Å². The van der Waals surface area contributed by atoms with Gasteiger partial charge in [0.25, 0.3) is 0 Å². The minimum absolute atomic E-state index is 0.444. The predicted molar refractivity (Wildman–Crippen MR) is 81.1 cm³/mol. The monoisotopic (exact) mass is 337 g/mol. The summed E-state index contributed by atoms with van der Waals surface area (Å²) >= 11 is 1.54. The number of hydrogen-bond acceptors (Lipinski definition) is 9. The highest BCUT2D eigenvalue weighted by atomic mass is 32.2. The summed E-state index contributed by atoms with van der Waals surface area (Å²) in [7, 11) is 0. The van der Waals surface area contributed by atoms with Gasteiger partial charge in [0.05, 0.1) is 0 Å². The van der Waals surface area contributed by atoms with E-state index in [0.717, 1.165) is 0 Å². The molecule has 0 fully saturated rings. The minimum Gasteiger partial charge on any atom is -0.480 e. The number of aliphatic carboxylic acids is 1. The van der Waals surface area contributed by atoms with Crippen molar-refractivity contribution in [3.63, 3.8) is 0 Å². The summed E-state index contributed by atoms with van der Waals surface area (Å²) in [4.78, 5) is 33.8. The van der Waals surface area contributed by atoms with E-state index in [9.17, 15) is 14.4 Å². The summed E-state index contributed by atoms with van der Waals surface area (Å²) in [6, 6.07) is -3.38. The average molecular weight is 337 g/mol. The number of carboxylic acids is 1. The number of carbonyl (C=O) groups is 3. The number of carbonyl (C=O) groups excluding carboxylic acids is 2. The van der Waals surface area contributed by atoms with Crippen molar-refractivity contribution in [3.05, 3.63) is 0 Å². The summed E-state index contributed by atoms with van der Waals surface area (Å²) in [5.41, 5.74) is 16.4. The molecule has 0 spiro atoms. The van der Waals surface area contributed by atoms with Gasteiger partial charge in [0.2, 0.25) is 0 Å². The first kappa shape index (κ1) is 20.6. The average Bonchev–Trinajstić information content (AvgIpc) is 2.48. The maximum absolute atomic E-state index is 11.7. The lowest BCUT2D eigenvalue weighted by Gasteiger charge is -2.21. The Morgan fingerprint density at radius 3 is 2.23 bits per heavy atom. The summed E-state index contributed by atoms with van der Waals surface area (Å²) in [5.74, 6) is -2.17. The Balaban J connectivity index is 4.29. The normalized spacial score (nSPS) is 16.2. The zero-order valence-electron chi connectivity index (χ0n) is 12.6. The highest BCUT2D eigenvalue weighted by Gasteiger charge is 2.28. The number of hydrogen-bond donors (Lipinski definition) is 4. The van der Waals surface area contributed by atoms with Crippen LogP contribution in [0.15, 0.2) is 0 Å². The first-order chi connectivity index (χ1) is 10.2. The van der Waals surface area contributed by atoms with Crippen LogP contribution in [-0.4, -0.2) is 65.9 Å². The highest BCUT2D eigenvalue weighted by Crippen LogP contribution is 2.05. The molecule has 0 saturated heterocycles. The molecule has 0 unspecified atom stereocenters. The van der Waals surface area contributed by atoms with Crippen LogP contribution >= 0.6 is 11.8 Å². The van der Waals surface area contributed by atoms with Crippen molar-refractivity contribution in [2.45, 2.75) is 37.6 Å². The standard InChI is InChI=1S/C12H23N3O6S/c1-6(21-11(18)7(13)3-4-22-2)9(15)12(19)20-5-8(14)10(16)17/h6-9H,3-5,13-15H2,1-2H3,(H,16,17)/t6-,7+,8+,9+/m1/s1. The van der Waals surface area contributed by atoms with Crippen LogP contribution in [0.25, 0.3) is 0 Å². The van der Waals surface area contributed by atoms with Crippen molar-refractivity contribution in [1.29, 1.82) is 0 Å². The molecule has 7 N–H and O–H groups in total. The van der Waals surface area contributed by atoms with Gasteiger partial charge in [0.1, 0.15) is 30.8 Å². The molecule has 0 amide bonds. The molecular weight excluding hydrogens is 314 g/mol. The molecule has 9 nitrogen and oxygen atoms in total. The van der Waals surface area contributed by atoms with Gasteiger partial charge in [-0.1, -0.05) is 0 Å². The largest absolute Gasteiger partial charge is 0.480 e. The van der Waals surface area contributed by atoms with Crippen molar-refractivity contribution in [2.75, 3.05) is 18.6 Å². The summed E-state index contributed by atoms with van der Waals surface area (Å²) in [6.07, 6.45) is 1.37. The molecule has 4 atom stereocenters. The van der Waals surface area contributed by atoms with Crippen molar-refractivity contribution < 1.29 is 29.0 Å². The smallest absolute Gasteiger partial charge is 0.326 e. The third-order valence-corrected chi connectivity index (χ3v) is 3.38. The lowest BCUT2D eigenvalue weighted by atomic mass is 10.2. The van der Waals surface area contributed by atoms with Crippen LogP contribution in [0.5, 0.6) is 0 Å². The van der Waals surface area contributed by atoms with E-state index < -0.39 is 48.7 Å². The Morgan fingerprint density at radius 1 is 1.14 bits per heavy atom. The third-order valence-electron chi connectivity index (χ3n) is 2.74. The quantitative estimate of drug-likeness (QED) is 0.336. The van der Waals surface area contributed by atoms with Gasteiger partial charge in [-0.05, 0) is 25.4 Å².